The third-order valence-corrected chi connectivity index (χ3v) is 2.05. The quantitative estimate of drug-likeness (QED) is 0.806. The zero-order valence-corrected chi connectivity index (χ0v) is 8.93. The second kappa shape index (κ2) is 4.63. The van der Waals surface area contributed by atoms with E-state index in [-0.39, 0.29) is 5.56 Å². The van der Waals surface area contributed by atoms with Crippen LogP contribution >= 0.6 is 0 Å². The van der Waals surface area contributed by atoms with Crippen LogP contribution in [-0.4, -0.2) is 23.2 Å². The van der Waals surface area contributed by atoms with Crippen LogP contribution in [0.4, 0.5) is 23.2 Å². The molecule has 18 heavy (non-hydrogen) atoms. The average Bonchev–Trinajstić information content (AvgIpc) is 2.19. The normalized spacial score (nSPS) is 11.2. The topological polar surface area (TPSA) is 66.4 Å². The molecule has 0 atom stereocenters. The molecule has 1 rings (SSSR count). The Morgan fingerprint density at radius 2 is 1.83 bits per heavy atom. The van der Waals surface area contributed by atoms with Crippen LogP contribution < -0.4 is 5.32 Å². The number of carboxylic acids is 1. The molecule has 0 saturated carbocycles. The number of hydrogen-bond acceptors (Lipinski definition) is 2. The molecule has 0 aliphatic rings. The van der Waals surface area contributed by atoms with Crippen molar-refractivity contribution in [3.63, 3.8) is 0 Å². The van der Waals surface area contributed by atoms with Crippen molar-refractivity contribution in [1.82, 2.24) is 0 Å². The molecule has 0 saturated heterocycles. The lowest BCUT2D eigenvalue weighted by Crippen LogP contribution is -2.30. The van der Waals surface area contributed by atoms with Gasteiger partial charge < -0.3 is 10.4 Å². The number of carbonyl (C=O) groups excluding carboxylic acids is 1. The summed E-state index contributed by atoms with van der Waals surface area (Å²) in [7, 11) is 0. The Kier molecular flexibility index (Phi) is 3.59. The van der Waals surface area contributed by atoms with Gasteiger partial charge in [-0.2, -0.15) is 13.2 Å². The van der Waals surface area contributed by atoms with Gasteiger partial charge in [0, 0.05) is 5.69 Å². The number of alkyl halides is 3. The standard InChI is InChI=1S/C10H7F4NO3/c1-4-2-6(11)5(8(16)17)3-7(4)15-9(18)10(12,13)14/h2-3H,1H3,(H,15,18)(H,16,17). The number of aryl methyl sites for hydroxylation is 1. The molecule has 1 aromatic carbocycles. The minimum Gasteiger partial charge on any atom is -0.478 e. The summed E-state index contributed by atoms with van der Waals surface area (Å²) in [5, 5.41) is 10.1. The molecular weight excluding hydrogens is 258 g/mol. The van der Waals surface area contributed by atoms with Crippen molar-refractivity contribution in [2.24, 2.45) is 0 Å². The zero-order chi connectivity index (χ0) is 14.1. The first kappa shape index (κ1) is 13.9. The highest BCUT2D eigenvalue weighted by Gasteiger charge is 2.39. The lowest BCUT2D eigenvalue weighted by atomic mass is 10.1. The molecule has 1 amide bonds. The van der Waals surface area contributed by atoms with Gasteiger partial charge in [-0.15, -0.1) is 0 Å². The Bertz CT molecular complexity index is 511. The van der Waals surface area contributed by atoms with Crippen LogP contribution in [0.1, 0.15) is 15.9 Å². The van der Waals surface area contributed by atoms with E-state index in [4.69, 9.17) is 5.11 Å². The smallest absolute Gasteiger partial charge is 0.471 e. The molecule has 4 nitrogen and oxygen atoms in total. The Balaban J connectivity index is 3.14. The van der Waals surface area contributed by atoms with Gasteiger partial charge in [-0.05, 0) is 24.6 Å². The van der Waals surface area contributed by atoms with Gasteiger partial charge in [-0.3, -0.25) is 4.79 Å². The molecule has 0 unspecified atom stereocenters. The number of amides is 1. The van der Waals surface area contributed by atoms with Gasteiger partial charge in [0.2, 0.25) is 0 Å². The highest BCUT2D eigenvalue weighted by atomic mass is 19.4. The maximum Gasteiger partial charge on any atom is 0.471 e. The number of aromatic carboxylic acids is 1. The van der Waals surface area contributed by atoms with E-state index in [1.807, 2.05) is 0 Å². The zero-order valence-electron chi connectivity index (χ0n) is 8.93. The first-order valence-electron chi connectivity index (χ1n) is 4.54. The van der Waals surface area contributed by atoms with E-state index < -0.39 is 35.1 Å². The Morgan fingerprint density at radius 1 is 1.28 bits per heavy atom. The number of benzene rings is 1. The minimum absolute atomic E-state index is 0.0184. The molecule has 98 valence electrons. The van der Waals surface area contributed by atoms with Crippen molar-refractivity contribution in [3.05, 3.63) is 29.1 Å². The van der Waals surface area contributed by atoms with E-state index in [0.717, 1.165) is 6.07 Å². The third kappa shape index (κ3) is 2.96. The maximum atomic E-state index is 13.1. The van der Waals surface area contributed by atoms with Crippen molar-refractivity contribution >= 4 is 17.6 Å². The summed E-state index contributed by atoms with van der Waals surface area (Å²) in [4.78, 5) is 21.3. The highest BCUT2D eigenvalue weighted by Crippen LogP contribution is 2.23. The number of carboxylic acid groups (broad SMARTS) is 1. The van der Waals surface area contributed by atoms with E-state index >= 15 is 0 Å². The fourth-order valence-electron chi connectivity index (χ4n) is 1.16. The summed E-state index contributed by atoms with van der Waals surface area (Å²) in [6, 6.07) is 1.37. The monoisotopic (exact) mass is 265 g/mol. The minimum atomic E-state index is -5.11. The molecule has 1 aromatic rings. The van der Waals surface area contributed by atoms with Gasteiger partial charge in [0.15, 0.2) is 0 Å². The van der Waals surface area contributed by atoms with Crippen molar-refractivity contribution in [3.8, 4) is 0 Å². The predicted molar refractivity (Wildman–Crippen MR) is 52.8 cm³/mol. The van der Waals surface area contributed by atoms with Gasteiger partial charge in [0.05, 0.1) is 5.56 Å². The number of anilines is 1. The maximum absolute atomic E-state index is 13.1. The lowest BCUT2D eigenvalue weighted by molar-refractivity contribution is -0.167. The van der Waals surface area contributed by atoms with Crippen LogP contribution in [0.3, 0.4) is 0 Å². The first-order valence-corrected chi connectivity index (χ1v) is 4.54. The van der Waals surface area contributed by atoms with Gasteiger partial charge in [0.25, 0.3) is 0 Å². The number of carbonyl (C=O) groups is 2. The molecular formula is C10H7F4NO3. The summed E-state index contributed by atoms with van der Waals surface area (Å²) < 4.78 is 49.1. The summed E-state index contributed by atoms with van der Waals surface area (Å²) >= 11 is 0. The van der Waals surface area contributed by atoms with E-state index in [0.29, 0.717) is 6.07 Å². The summed E-state index contributed by atoms with van der Waals surface area (Å²) in [5.41, 5.74) is -1.25. The fraction of sp³-hybridized carbons (Fsp3) is 0.200. The first-order chi connectivity index (χ1) is 8.12. The van der Waals surface area contributed by atoms with Crippen LogP contribution in [-0.2, 0) is 4.79 Å². The molecule has 0 aromatic heterocycles. The van der Waals surface area contributed by atoms with Gasteiger partial charge >= 0.3 is 18.1 Å². The van der Waals surface area contributed by atoms with E-state index in [2.05, 4.69) is 0 Å². The Morgan fingerprint density at radius 3 is 2.28 bits per heavy atom. The van der Waals surface area contributed by atoms with E-state index in [1.54, 1.807) is 0 Å². The number of rotatable bonds is 2. The number of halogens is 4. The number of nitrogens with one attached hydrogen (secondary N) is 1. The van der Waals surface area contributed by atoms with Crippen LogP contribution in [0.2, 0.25) is 0 Å². The van der Waals surface area contributed by atoms with Gasteiger partial charge in [-0.25, -0.2) is 9.18 Å². The lowest BCUT2D eigenvalue weighted by Gasteiger charge is -2.11. The molecule has 0 fully saturated rings. The van der Waals surface area contributed by atoms with Crippen LogP contribution in [0.15, 0.2) is 12.1 Å². The van der Waals surface area contributed by atoms with Crippen molar-refractivity contribution in [2.45, 2.75) is 13.1 Å². The molecule has 0 heterocycles. The second-order valence-corrected chi connectivity index (χ2v) is 3.40. The fourth-order valence-corrected chi connectivity index (χ4v) is 1.16. The summed E-state index contributed by atoms with van der Waals surface area (Å²) in [5.74, 6) is -4.99. The van der Waals surface area contributed by atoms with Crippen LogP contribution in [0.5, 0.6) is 0 Å². The Hall–Kier alpha value is -2.12. The summed E-state index contributed by atoms with van der Waals surface area (Å²) in [6.07, 6.45) is -5.11. The Labute approximate surface area is 98.2 Å². The third-order valence-electron chi connectivity index (χ3n) is 2.05. The highest BCUT2D eigenvalue weighted by molar-refractivity contribution is 5.97. The second-order valence-electron chi connectivity index (χ2n) is 3.40. The van der Waals surface area contributed by atoms with Crippen molar-refractivity contribution < 1.29 is 32.3 Å². The van der Waals surface area contributed by atoms with Crippen molar-refractivity contribution in [2.75, 3.05) is 5.32 Å². The predicted octanol–water partition coefficient (Wildman–Crippen LogP) is 2.33. The SMILES string of the molecule is Cc1cc(F)c(C(=O)O)cc1NC(=O)C(F)(F)F. The molecule has 8 heteroatoms. The van der Waals surface area contributed by atoms with Crippen molar-refractivity contribution in [1.29, 1.82) is 0 Å². The van der Waals surface area contributed by atoms with Gasteiger partial charge in [-0.1, -0.05) is 0 Å². The average molecular weight is 265 g/mol. The molecule has 0 bridgehead atoms. The molecule has 0 aliphatic carbocycles. The van der Waals surface area contributed by atoms with Crippen LogP contribution in [0, 0.1) is 12.7 Å². The molecule has 0 spiro atoms. The van der Waals surface area contributed by atoms with Crippen LogP contribution in [0.25, 0.3) is 0 Å². The number of hydrogen-bond donors (Lipinski definition) is 2. The molecule has 0 radical (unpaired) electrons. The molecule has 0 aliphatic heterocycles. The summed E-state index contributed by atoms with van der Waals surface area (Å²) in [6.45, 7) is 1.24. The van der Waals surface area contributed by atoms with E-state index in [1.165, 1.54) is 12.2 Å². The van der Waals surface area contributed by atoms with Gasteiger partial charge in [0.1, 0.15) is 5.82 Å². The molecule has 2 N–H and O–H groups in total. The largest absolute Gasteiger partial charge is 0.478 e. The van der Waals surface area contributed by atoms with E-state index in [9.17, 15) is 27.2 Å².